The first kappa shape index (κ1) is 17.0. The molecule has 0 spiro atoms. The standard InChI is InChI=1S/C11H10F4O6/c12-10(13)20-5-2-1-4(3-6(5)21-11(14)15)7(16)8(17)9(18)19/h1-3,7-8,10-11,16-17H,(H,18,19). The van der Waals surface area contributed by atoms with E-state index in [1.54, 1.807) is 0 Å². The zero-order chi connectivity index (χ0) is 16.2. The molecule has 10 heteroatoms. The van der Waals surface area contributed by atoms with Crippen molar-refractivity contribution in [2.75, 3.05) is 0 Å². The quantitative estimate of drug-likeness (QED) is 0.658. The Labute approximate surface area is 115 Å². The molecule has 1 aromatic carbocycles. The van der Waals surface area contributed by atoms with Crippen LogP contribution in [0.4, 0.5) is 17.6 Å². The van der Waals surface area contributed by atoms with Crippen molar-refractivity contribution in [2.45, 2.75) is 25.4 Å². The van der Waals surface area contributed by atoms with E-state index in [-0.39, 0.29) is 5.56 Å². The molecule has 2 unspecified atom stereocenters. The molecule has 118 valence electrons. The second kappa shape index (κ2) is 7.09. The largest absolute Gasteiger partial charge is 0.479 e. The Morgan fingerprint density at radius 3 is 2.00 bits per heavy atom. The van der Waals surface area contributed by atoms with Gasteiger partial charge in [0, 0.05) is 0 Å². The third-order valence-corrected chi connectivity index (χ3v) is 2.29. The fourth-order valence-corrected chi connectivity index (χ4v) is 1.41. The van der Waals surface area contributed by atoms with Crippen molar-refractivity contribution in [1.82, 2.24) is 0 Å². The summed E-state index contributed by atoms with van der Waals surface area (Å²) < 4.78 is 56.5. The lowest BCUT2D eigenvalue weighted by Crippen LogP contribution is -2.27. The Kier molecular flexibility index (Phi) is 5.73. The van der Waals surface area contributed by atoms with Gasteiger partial charge >= 0.3 is 19.2 Å². The number of hydrogen-bond donors (Lipinski definition) is 3. The highest BCUT2D eigenvalue weighted by atomic mass is 19.3. The first-order chi connectivity index (χ1) is 9.72. The Morgan fingerprint density at radius 2 is 1.52 bits per heavy atom. The Morgan fingerprint density at radius 1 is 1.00 bits per heavy atom. The van der Waals surface area contributed by atoms with Gasteiger partial charge in [-0.05, 0) is 17.7 Å². The van der Waals surface area contributed by atoms with Crippen LogP contribution in [0.25, 0.3) is 0 Å². The van der Waals surface area contributed by atoms with Gasteiger partial charge in [0.1, 0.15) is 6.10 Å². The van der Waals surface area contributed by atoms with E-state index in [4.69, 9.17) is 10.2 Å². The van der Waals surface area contributed by atoms with Crippen LogP contribution >= 0.6 is 0 Å². The molecule has 6 nitrogen and oxygen atoms in total. The summed E-state index contributed by atoms with van der Waals surface area (Å²) in [5, 5.41) is 27.2. The minimum absolute atomic E-state index is 0.331. The van der Waals surface area contributed by atoms with Gasteiger partial charge in [0.05, 0.1) is 0 Å². The maximum absolute atomic E-state index is 12.2. The van der Waals surface area contributed by atoms with Crippen molar-refractivity contribution >= 4 is 5.97 Å². The predicted molar refractivity (Wildman–Crippen MR) is 58.3 cm³/mol. The van der Waals surface area contributed by atoms with E-state index in [0.29, 0.717) is 6.07 Å². The van der Waals surface area contributed by atoms with E-state index in [9.17, 15) is 27.5 Å². The summed E-state index contributed by atoms with van der Waals surface area (Å²) in [6.45, 7) is -6.66. The van der Waals surface area contributed by atoms with Crippen molar-refractivity contribution < 1.29 is 47.1 Å². The molecule has 0 heterocycles. The number of carboxylic acids is 1. The minimum Gasteiger partial charge on any atom is -0.479 e. The molecule has 0 aliphatic carbocycles. The van der Waals surface area contributed by atoms with E-state index < -0.39 is 42.9 Å². The Bertz CT molecular complexity index is 496. The summed E-state index contributed by atoms with van der Waals surface area (Å²) in [7, 11) is 0. The number of benzene rings is 1. The first-order valence-corrected chi connectivity index (χ1v) is 5.35. The summed E-state index contributed by atoms with van der Waals surface area (Å²) in [6, 6.07) is 2.37. The molecule has 0 aliphatic rings. The number of ether oxygens (including phenoxy) is 2. The molecule has 0 fully saturated rings. The van der Waals surface area contributed by atoms with Crippen LogP contribution in [0, 0.1) is 0 Å². The number of rotatable bonds is 7. The third-order valence-electron chi connectivity index (χ3n) is 2.29. The van der Waals surface area contributed by atoms with Crippen molar-refractivity contribution in [1.29, 1.82) is 0 Å². The van der Waals surface area contributed by atoms with Gasteiger partial charge < -0.3 is 24.8 Å². The van der Waals surface area contributed by atoms with Crippen molar-refractivity contribution in [3.63, 3.8) is 0 Å². The summed E-state index contributed by atoms with van der Waals surface area (Å²) in [5.74, 6) is -3.32. The summed E-state index contributed by atoms with van der Waals surface area (Å²) in [4.78, 5) is 10.5. The molecule has 21 heavy (non-hydrogen) atoms. The molecule has 0 radical (unpaired) electrons. The normalized spacial score (nSPS) is 14.1. The molecular weight excluding hydrogens is 304 g/mol. The number of aliphatic hydroxyl groups is 2. The fraction of sp³-hybridized carbons (Fsp3) is 0.364. The second-order valence-corrected chi connectivity index (χ2v) is 3.69. The van der Waals surface area contributed by atoms with Gasteiger partial charge in [-0.25, -0.2) is 4.79 Å². The third kappa shape index (κ3) is 4.76. The molecule has 0 saturated carbocycles. The molecule has 0 aromatic heterocycles. The average Bonchev–Trinajstić information content (AvgIpc) is 2.37. The molecule has 0 saturated heterocycles. The van der Waals surface area contributed by atoms with E-state index in [1.807, 2.05) is 0 Å². The maximum atomic E-state index is 12.2. The van der Waals surface area contributed by atoms with Crippen LogP contribution in [0.15, 0.2) is 18.2 Å². The van der Waals surface area contributed by atoms with Gasteiger partial charge in [-0.15, -0.1) is 0 Å². The first-order valence-electron chi connectivity index (χ1n) is 5.35. The number of aliphatic hydroxyl groups excluding tert-OH is 2. The Hall–Kier alpha value is -2.07. The molecule has 1 rings (SSSR count). The monoisotopic (exact) mass is 314 g/mol. The number of halogens is 4. The number of hydrogen-bond acceptors (Lipinski definition) is 5. The van der Waals surface area contributed by atoms with E-state index in [2.05, 4.69) is 9.47 Å². The zero-order valence-electron chi connectivity index (χ0n) is 10.1. The van der Waals surface area contributed by atoms with E-state index in [0.717, 1.165) is 12.1 Å². The molecule has 0 aliphatic heterocycles. The van der Waals surface area contributed by atoms with Gasteiger partial charge in [-0.3, -0.25) is 0 Å². The predicted octanol–water partition coefficient (Wildman–Crippen LogP) is 1.37. The lowest BCUT2D eigenvalue weighted by Gasteiger charge is -2.17. The number of alkyl halides is 4. The van der Waals surface area contributed by atoms with Crippen LogP contribution in [0.3, 0.4) is 0 Å². The summed E-state index contributed by atoms with van der Waals surface area (Å²) in [6.07, 6.45) is -4.20. The van der Waals surface area contributed by atoms with Crippen LogP contribution in [-0.2, 0) is 4.79 Å². The lowest BCUT2D eigenvalue weighted by atomic mass is 10.0. The van der Waals surface area contributed by atoms with Crippen LogP contribution in [0.1, 0.15) is 11.7 Å². The minimum atomic E-state index is -3.36. The van der Waals surface area contributed by atoms with Crippen molar-refractivity contribution in [3.05, 3.63) is 23.8 Å². The smallest absolute Gasteiger partial charge is 0.387 e. The molecule has 2 atom stereocenters. The zero-order valence-corrected chi connectivity index (χ0v) is 10.1. The maximum Gasteiger partial charge on any atom is 0.387 e. The number of aliphatic carboxylic acids is 1. The SMILES string of the molecule is O=C(O)C(O)C(O)c1ccc(OC(F)F)c(OC(F)F)c1. The molecule has 1 aromatic rings. The van der Waals surface area contributed by atoms with Gasteiger partial charge in [0.2, 0.25) is 0 Å². The van der Waals surface area contributed by atoms with Gasteiger partial charge in [0.25, 0.3) is 0 Å². The van der Waals surface area contributed by atoms with Crippen molar-refractivity contribution in [2.24, 2.45) is 0 Å². The average molecular weight is 314 g/mol. The highest BCUT2D eigenvalue weighted by Crippen LogP contribution is 2.33. The van der Waals surface area contributed by atoms with Gasteiger partial charge in [0.15, 0.2) is 17.6 Å². The Balaban J connectivity index is 3.11. The van der Waals surface area contributed by atoms with Gasteiger partial charge in [-0.1, -0.05) is 6.07 Å². The summed E-state index contributed by atoms with van der Waals surface area (Å²) in [5.41, 5.74) is -0.331. The van der Waals surface area contributed by atoms with Gasteiger partial charge in [-0.2, -0.15) is 17.6 Å². The molecule has 3 N–H and O–H groups in total. The van der Waals surface area contributed by atoms with Crippen LogP contribution in [0.2, 0.25) is 0 Å². The number of carboxylic acid groups (broad SMARTS) is 1. The number of carbonyl (C=O) groups is 1. The molecule has 0 amide bonds. The van der Waals surface area contributed by atoms with E-state index >= 15 is 0 Å². The fourth-order valence-electron chi connectivity index (χ4n) is 1.41. The topological polar surface area (TPSA) is 96.2 Å². The molecule has 0 bridgehead atoms. The van der Waals surface area contributed by atoms with Crippen molar-refractivity contribution in [3.8, 4) is 11.5 Å². The van der Waals surface area contributed by atoms with E-state index in [1.165, 1.54) is 0 Å². The van der Waals surface area contributed by atoms with Crippen LogP contribution in [-0.4, -0.2) is 40.6 Å². The highest BCUT2D eigenvalue weighted by Gasteiger charge is 2.26. The summed E-state index contributed by atoms with van der Waals surface area (Å²) >= 11 is 0. The molecular formula is C11H10F4O6. The van der Waals surface area contributed by atoms with Crippen LogP contribution in [0.5, 0.6) is 11.5 Å². The highest BCUT2D eigenvalue weighted by molar-refractivity contribution is 5.73. The lowest BCUT2D eigenvalue weighted by molar-refractivity contribution is -0.153. The second-order valence-electron chi connectivity index (χ2n) is 3.69. The van der Waals surface area contributed by atoms with Crippen LogP contribution < -0.4 is 9.47 Å².